The average Bonchev–Trinajstić information content (AvgIpc) is 3.34. The van der Waals surface area contributed by atoms with Crippen LogP contribution in [0.25, 0.3) is 16.8 Å². The number of nitrogens with two attached hydrogens (primary N) is 2. The van der Waals surface area contributed by atoms with Gasteiger partial charge in [0.15, 0.2) is 0 Å². The van der Waals surface area contributed by atoms with E-state index in [9.17, 15) is 22.5 Å². The minimum Gasteiger partial charge on any atom is -0.403 e. The first-order valence-corrected chi connectivity index (χ1v) is 14.4. The Bertz CT molecular complexity index is 1630. The predicted octanol–water partition coefficient (Wildman–Crippen LogP) is 6.09. The molecule has 0 aliphatic heterocycles. The summed E-state index contributed by atoms with van der Waals surface area (Å²) < 4.78 is 55.8. The van der Waals surface area contributed by atoms with Crippen molar-refractivity contribution in [3.05, 3.63) is 106 Å². The Labute approximate surface area is 243 Å². The van der Waals surface area contributed by atoms with Gasteiger partial charge >= 0.3 is 0 Å². The standard InChI is InChI=1S/C29H29ClF3N5O2S/c1-16(18-4-7-21(30)8-5-18)27(13-34)38(35)26-11-19(20-10-23(31)22(15-39)28(12-20)41(3)40)6-9-25(26)37-14-24(29(32)33)36-17(37)2/h4-14,16,29,39H,15,34-35H2,1-3H3/b27-13-. The third-order valence-corrected chi connectivity index (χ3v) is 8.07. The second-order valence-corrected chi connectivity index (χ2v) is 11.2. The van der Waals surface area contributed by atoms with Gasteiger partial charge in [0.1, 0.15) is 17.3 Å². The molecule has 0 aliphatic rings. The van der Waals surface area contributed by atoms with Gasteiger partial charge in [0.2, 0.25) is 0 Å². The van der Waals surface area contributed by atoms with E-state index in [1.54, 1.807) is 37.3 Å². The number of rotatable bonds is 9. The highest BCUT2D eigenvalue weighted by molar-refractivity contribution is 7.84. The quantitative estimate of drug-likeness (QED) is 0.158. The number of hydrazine groups is 1. The van der Waals surface area contributed by atoms with E-state index in [0.29, 0.717) is 39.0 Å². The second-order valence-electron chi connectivity index (χ2n) is 9.37. The van der Waals surface area contributed by atoms with Crippen molar-refractivity contribution in [1.29, 1.82) is 0 Å². The maximum Gasteiger partial charge on any atom is 0.281 e. The van der Waals surface area contributed by atoms with Crippen molar-refractivity contribution in [2.24, 2.45) is 11.6 Å². The Morgan fingerprint density at radius 1 is 1.17 bits per heavy atom. The van der Waals surface area contributed by atoms with E-state index < -0.39 is 35.3 Å². The van der Waals surface area contributed by atoms with Crippen molar-refractivity contribution in [2.75, 3.05) is 11.3 Å². The lowest BCUT2D eigenvalue weighted by molar-refractivity contribution is 0.146. The fraction of sp³-hybridized carbons (Fsp3) is 0.207. The van der Waals surface area contributed by atoms with Gasteiger partial charge in [-0.2, -0.15) is 0 Å². The number of aromatic nitrogens is 2. The summed E-state index contributed by atoms with van der Waals surface area (Å²) in [6, 6.07) is 14.9. The first kappa shape index (κ1) is 30.3. The van der Waals surface area contributed by atoms with Crippen molar-refractivity contribution < 1.29 is 22.5 Å². The molecule has 0 aliphatic carbocycles. The van der Waals surface area contributed by atoms with Crippen LogP contribution >= 0.6 is 11.6 Å². The Morgan fingerprint density at radius 3 is 2.41 bits per heavy atom. The van der Waals surface area contributed by atoms with Crippen molar-refractivity contribution >= 4 is 28.1 Å². The smallest absolute Gasteiger partial charge is 0.281 e. The van der Waals surface area contributed by atoms with Crippen LogP contribution in [0, 0.1) is 12.7 Å². The summed E-state index contributed by atoms with van der Waals surface area (Å²) in [5.41, 5.74) is 8.61. The van der Waals surface area contributed by atoms with E-state index in [1.165, 1.54) is 40.4 Å². The number of aliphatic hydroxyl groups excluding tert-OH is 1. The number of aliphatic hydroxyl groups is 1. The molecule has 216 valence electrons. The van der Waals surface area contributed by atoms with Crippen molar-refractivity contribution in [1.82, 2.24) is 9.55 Å². The number of imidazole rings is 1. The molecule has 5 N–H and O–H groups in total. The predicted molar refractivity (Wildman–Crippen MR) is 156 cm³/mol. The molecule has 0 saturated carbocycles. The van der Waals surface area contributed by atoms with Crippen LogP contribution in [-0.4, -0.2) is 25.1 Å². The fourth-order valence-electron chi connectivity index (χ4n) is 4.63. The topological polar surface area (TPSA) is 110 Å². The maximum absolute atomic E-state index is 14.9. The van der Waals surface area contributed by atoms with E-state index in [2.05, 4.69) is 4.98 Å². The third-order valence-electron chi connectivity index (χ3n) is 6.84. The number of nitrogens with zero attached hydrogens (tertiary/aromatic N) is 3. The molecule has 41 heavy (non-hydrogen) atoms. The molecule has 0 amide bonds. The van der Waals surface area contributed by atoms with Crippen molar-refractivity contribution in [3.63, 3.8) is 0 Å². The Hall–Kier alpha value is -3.64. The van der Waals surface area contributed by atoms with Crippen LogP contribution < -0.4 is 16.6 Å². The van der Waals surface area contributed by atoms with Crippen molar-refractivity contribution in [3.8, 4) is 16.8 Å². The largest absolute Gasteiger partial charge is 0.403 e. The summed E-state index contributed by atoms with van der Waals surface area (Å²) in [6.07, 6.45) is 1.20. The van der Waals surface area contributed by atoms with E-state index in [1.807, 2.05) is 19.1 Å². The number of anilines is 1. The van der Waals surface area contributed by atoms with E-state index in [-0.39, 0.29) is 16.4 Å². The summed E-state index contributed by atoms with van der Waals surface area (Å²) >= 11 is 6.06. The van der Waals surface area contributed by atoms with Gasteiger partial charge in [0.25, 0.3) is 6.43 Å². The molecule has 1 heterocycles. The lowest BCUT2D eigenvalue weighted by Crippen LogP contribution is -2.34. The van der Waals surface area contributed by atoms with Crippen LogP contribution in [0.4, 0.5) is 18.9 Å². The molecule has 0 spiro atoms. The average molecular weight is 604 g/mol. The minimum atomic E-state index is -2.78. The third kappa shape index (κ3) is 6.18. The molecule has 4 rings (SSSR count). The Morgan fingerprint density at radius 2 is 1.85 bits per heavy atom. The molecular weight excluding hydrogens is 575 g/mol. The first-order valence-electron chi connectivity index (χ1n) is 12.4. The summed E-state index contributed by atoms with van der Waals surface area (Å²) in [6.45, 7) is 2.88. The van der Waals surface area contributed by atoms with E-state index in [0.717, 1.165) is 5.56 Å². The molecule has 0 saturated heterocycles. The zero-order valence-corrected chi connectivity index (χ0v) is 24.1. The van der Waals surface area contributed by atoms with E-state index in [4.69, 9.17) is 23.2 Å². The Balaban J connectivity index is 1.91. The lowest BCUT2D eigenvalue weighted by atomic mass is 9.96. The highest BCUT2D eigenvalue weighted by Crippen LogP contribution is 2.37. The number of hydrogen-bond acceptors (Lipinski definition) is 6. The summed E-state index contributed by atoms with van der Waals surface area (Å²) in [4.78, 5) is 4.14. The summed E-state index contributed by atoms with van der Waals surface area (Å²) in [5.74, 6) is 5.97. The molecule has 1 aromatic heterocycles. The zero-order valence-electron chi connectivity index (χ0n) is 22.5. The molecule has 0 bridgehead atoms. The number of allylic oxidation sites excluding steroid dienone is 1. The van der Waals surface area contributed by atoms with Crippen molar-refractivity contribution in [2.45, 2.75) is 37.7 Å². The molecule has 3 aromatic carbocycles. The van der Waals surface area contributed by atoms with Gasteiger partial charge in [0.05, 0.1) is 34.5 Å². The minimum absolute atomic E-state index is 0.0504. The number of hydrogen-bond donors (Lipinski definition) is 3. The second kappa shape index (κ2) is 12.5. The van der Waals surface area contributed by atoms with E-state index >= 15 is 0 Å². The molecule has 0 fully saturated rings. The number of benzene rings is 3. The molecule has 2 atom stereocenters. The van der Waals surface area contributed by atoms with Gasteiger partial charge in [-0.15, -0.1) is 0 Å². The van der Waals surface area contributed by atoms with Gasteiger partial charge in [-0.3, -0.25) is 9.22 Å². The Kier molecular flexibility index (Phi) is 9.23. The van der Waals surface area contributed by atoms with Gasteiger partial charge in [0, 0.05) is 40.1 Å². The number of alkyl halides is 2. The van der Waals surface area contributed by atoms with Gasteiger partial charge < -0.3 is 15.4 Å². The maximum atomic E-state index is 14.9. The molecule has 7 nitrogen and oxygen atoms in total. The van der Waals surface area contributed by atoms with Crippen LogP contribution in [0.5, 0.6) is 0 Å². The molecule has 2 unspecified atom stereocenters. The van der Waals surface area contributed by atoms with Gasteiger partial charge in [-0.25, -0.2) is 24.0 Å². The monoisotopic (exact) mass is 603 g/mol. The molecular formula is C29H29ClF3N5O2S. The molecule has 12 heteroatoms. The van der Waals surface area contributed by atoms with Crippen LogP contribution in [-0.2, 0) is 17.4 Å². The highest BCUT2D eigenvalue weighted by atomic mass is 35.5. The molecule has 4 aromatic rings. The summed E-state index contributed by atoms with van der Waals surface area (Å²) in [7, 11) is -1.58. The lowest BCUT2D eigenvalue weighted by Gasteiger charge is -2.29. The summed E-state index contributed by atoms with van der Waals surface area (Å²) in [5, 5.41) is 11.5. The highest BCUT2D eigenvalue weighted by Gasteiger charge is 2.23. The molecule has 0 radical (unpaired) electrons. The van der Waals surface area contributed by atoms with Crippen LogP contribution in [0.2, 0.25) is 5.02 Å². The number of halogens is 4. The number of aryl methyl sites for hydroxylation is 1. The van der Waals surface area contributed by atoms with Crippen LogP contribution in [0.1, 0.15) is 41.9 Å². The van der Waals surface area contributed by atoms with Gasteiger partial charge in [-0.1, -0.05) is 36.7 Å². The van der Waals surface area contributed by atoms with Gasteiger partial charge in [-0.05, 0) is 60.0 Å². The first-order chi connectivity index (χ1) is 19.5. The SMILES string of the molecule is Cc1nc(C(F)F)cn1-c1ccc(-c2cc(F)c(CO)c(S(C)=O)c2)cc1N(N)/C(=C\N)C(C)c1ccc(Cl)cc1. The fourth-order valence-corrected chi connectivity index (χ4v) is 5.55. The van der Waals surface area contributed by atoms with Crippen LogP contribution in [0.15, 0.2) is 77.6 Å². The zero-order chi connectivity index (χ0) is 30.0. The van der Waals surface area contributed by atoms with Crippen LogP contribution in [0.3, 0.4) is 0 Å². The normalized spacial score (nSPS) is 13.5.